The minimum atomic E-state index is -6.73. The van der Waals surface area contributed by atoms with E-state index in [0.717, 1.165) is 46.9 Å². The minimum Gasteiger partial charge on any atom is -0.320 e. The number of rotatable bonds is 5. The number of amides is 2. The normalized spacial score (nSPS) is 12.7. The Morgan fingerprint density at radius 3 is 1.90 bits per heavy atom. The van der Waals surface area contributed by atoms with Crippen molar-refractivity contribution < 1.29 is 63.1 Å². The van der Waals surface area contributed by atoms with Crippen LogP contribution in [0.25, 0.3) is 0 Å². The van der Waals surface area contributed by atoms with Crippen molar-refractivity contribution in [3.8, 4) is 0 Å². The molecule has 2 N–H and O–H groups in total. The van der Waals surface area contributed by atoms with Crippen LogP contribution >= 0.6 is 34.2 Å². The van der Waals surface area contributed by atoms with E-state index in [9.17, 15) is 58.7 Å². The highest BCUT2D eigenvalue weighted by atomic mass is 127. The molecule has 0 unspecified atom stereocenters. The zero-order valence-corrected chi connectivity index (χ0v) is 22.7. The average Bonchev–Trinajstić information content (AvgIpc) is 2.86. The number of hydrogen-bond acceptors (Lipinski definition) is 3. The minimum absolute atomic E-state index is 0.204. The van der Waals surface area contributed by atoms with Crippen molar-refractivity contribution in [1.29, 1.82) is 0 Å². The van der Waals surface area contributed by atoms with E-state index >= 15 is 4.39 Å². The Kier molecular flexibility index (Phi) is 9.10. The van der Waals surface area contributed by atoms with Crippen molar-refractivity contribution in [1.82, 2.24) is 0 Å². The Hall–Kier alpha value is -3.19. The van der Waals surface area contributed by atoms with Gasteiger partial charge in [0.2, 0.25) is 0 Å². The zero-order chi connectivity index (χ0) is 32.0. The van der Waals surface area contributed by atoms with E-state index < -0.39 is 79.5 Å². The summed E-state index contributed by atoms with van der Waals surface area (Å²) in [6.45, 7) is 0. The molecule has 226 valence electrons. The Bertz CT molecular complexity index is 1510. The van der Waals surface area contributed by atoms with Crippen LogP contribution in [0, 0.1) is 9.39 Å². The zero-order valence-electron chi connectivity index (χ0n) is 19.8. The summed E-state index contributed by atoms with van der Waals surface area (Å²) in [5, 5.41) is 11.7. The fraction of sp³-hybridized carbons (Fsp3) is 0.167. The van der Waals surface area contributed by atoms with Crippen LogP contribution in [-0.2, 0) is 11.8 Å². The van der Waals surface area contributed by atoms with Gasteiger partial charge in [0.25, 0.3) is 11.8 Å². The Morgan fingerprint density at radius 1 is 0.857 bits per heavy atom. The van der Waals surface area contributed by atoms with Gasteiger partial charge in [0.05, 0.1) is 16.8 Å². The number of nitrogens with zero attached hydrogens (tertiary/aromatic N) is 1. The van der Waals surface area contributed by atoms with Crippen LogP contribution < -0.4 is 10.4 Å². The summed E-state index contributed by atoms with van der Waals surface area (Å²) in [7, 11) is 0. The predicted octanol–water partition coefficient (Wildman–Crippen LogP) is 8.68. The van der Waals surface area contributed by atoms with Gasteiger partial charge in [-0.3, -0.25) is 14.8 Å². The van der Waals surface area contributed by atoms with Crippen LogP contribution in [0.3, 0.4) is 0 Å². The first-order valence-corrected chi connectivity index (χ1v) is 12.2. The highest BCUT2D eigenvalue weighted by molar-refractivity contribution is 14.1. The fourth-order valence-electron chi connectivity index (χ4n) is 3.51. The van der Waals surface area contributed by atoms with Crippen molar-refractivity contribution in [3.63, 3.8) is 0 Å². The maximum Gasteiger partial charge on any atom is 0.435 e. The van der Waals surface area contributed by atoms with Gasteiger partial charge in [-0.15, -0.1) is 0 Å². The smallest absolute Gasteiger partial charge is 0.320 e. The van der Waals surface area contributed by atoms with E-state index in [0.29, 0.717) is 6.07 Å². The highest BCUT2D eigenvalue weighted by Gasteiger charge is 2.73. The fourth-order valence-corrected chi connectivity index (χ4v) is 4.39. The third-order valence-corrected chi connectivity index (χ3v) is 6.65. The molecule has 0 aliphatic rings. The molecule has 0 atom stereocenters. The second-order valence-corrected chi connectivity index (χ2v) is 9.85. The van der Waals surface area contributed by atoms with Gasteiger partial charge >= 0.3 is 24.2 Å². The van der Waals surface area contributed by atoms with Crippen LogP contribution in [0.2, 0.25) is 5.02 Å². The number of nitrogens with one attached hydrogen (secondary N) is 1. The first-order chi connectivity index (χ1) is 19.1. The third kappa shape index (κ3) is 6.26. The van der Waals surface area contributed by atoms with Crippen LogP contribution in [0.15, 0.2) is 54.6 Å². The molecule has 5 nitrogen and oxygen atoms in total. The van der Waals surface area contributed by atoms with Crippen molar-refractivity contribution in [2.75, 3.05) is 10.4 Å². The van der Waals surface area contributed by atoms with Crippen LogP contribution in [0.5, 0.6) is 0 Å². The molecule has 42 heavy (non-hydrogen) atoms. The molecule has 2 amide bonds. The van der Waals surface area contributed by atoms with Crippen molar-refractivity contribution in [2.45, 2.75) is 24.2 Å². The second kappa shape index (κ2) is 11.5. The molecule has 0 aliphatic carbocycles. The lowest BCUT2D eigenvalue weighted by Gasteiger charge is -2.31. The number of carbonyl (C=O) groups excluding carboxylic acids is 2. The van der Waals surface area contributed by atoms with Gasteiger partial charge in [-0.2, -0.15) is 44.6 Å². The molecule has 0 heterocycles. The van der Waals surface area contributed by atoms with Gasteiger partial charge in [0.1, 0.15) is 5.69 Å². The summed E-state index contributed by atoms with van der Waals surface area (Å²) >= 11 is 6.53. The molecule has 3 rings (SSSR count). The van der Waals surface area contributed by atoms with Gasteiger partial charge in [0.15, 0.2) is 5.82 Å². The van der Waals surface area contributed by atoms with Crippen LogP contribution in [0.4, 0.5) is 59.7 Å². The number of halogens is 13. The molecule has 3 aromatic carbocycles. The van der Waals surface area contributed by atoms with Gasteiger partial charge in [-0.05, 0) is 71.1 Å². The first-order valence-electron chi connectivity index (χ1n) is 10.7. The first kappa shape index (κ1) is 33.3. The molecule has 0 radical (unpaired) electrons. The Labute approximate surface area is 246 Å². The Balaban J connectivity index is 2.07. The van der Waals surface area contributed by atoms with Crippen molar-refractivity contribution in [2.24, 2.45) is 0 Å². The molecule has 18 heteroatoms. The SMILES string of the molecule is O=C(Nc1c(I)cc(C(F)(C(F)(F)F)C(F)(F)F)cc1C(F)(F)F)c1cccc(N(O)C(=O)c2ccc(Cl)cc2)c1F. The van der Waals surface area contributed by atoms with Gasteiger partial charge in [-0.1, -0.05) is 17.7 Å². The van der Waals surface area contributed by atoms with Crippen LogP contribution in [0.1, 0.15) is 31.8 Å². The standard InChI is InChI=1S/C24H11ClF11IN2O3/c25-12-6-4-10(5-7-12)20(41)39(42)16-3-1-2-13(17(16)26)19(40)38-18-14(22(28,29)30)8-11(9-15(18)37)21(27,23(31,32)33)24(34,35)36/h1-9,42H,(H,38,40). The molecule has 0 spiro atoms. The highest BCUT2D eigenvalue weighted by Crippen LogP contribution is 2.54. The van der Waals surface area contributed by atoms with E-state index in [4.69, 9.17) is 11.6 Å². The van der Waals surface area contributed by atoms with Gasteiger partial charge in [-0.25, -0.2) is 8.78 Å². The predicted molar refractivity (Wildman–Crippen MR) is 133 cm³/mol. The molecular weight excluding hydrogens is 736 g/mol. The summed E-state index contributed by atoms with van der Waals surface area (Å²) < 4.78 is 149. The molecular formula is C24H11ClF11IN2O3. The lowest BCUT2D eigenvalue weighted by atomic mass is 9.92. The van der Waals surface area contributed by atoms with E-state index in [1.54, 1.807) is 5.32 Å². The van der Waals surface area contributed by atoms with Gasteiger partial charge in [0, 0.05) is 19.7 Å². The molecule has 0 aromatic heterocycles. The molecule has 0 aliphatic heterocycles. The number of benzene rings is 3. The number of hydroxylamine groups is 1. The Morgan fingerprint density at radius 2 is 1.40 bits per heavy atom. The summed E-state index contributed by atoms with van der Waals surface area (Å²) in [5.74, 6) is -4.61. The van der Waals surface area contributed by atoms with Crippen LogP contribution in [-0.4, -0.2) is 29.4 Å². The molecule has 0 bridgehead atoms. The molecule has 0 saturated heterocycles. The van der Waals surface area contributed by atoms with E-state index in [2.05, 4.69) is 0 Å². The largest absolute Gasteiger partial charge is 0.435 e. The maximum absolute atomic E-state index is 15.2. The van der Waals surface area contributed by atoms with Crippen molar-refractivity contribution in [3.05, 3.63) is 91.3 Å². The average molecular weight is 747 g/mol. The topological polar surface area (TPSA) is 69.6 Å². The third-order valence-electron chi connectivity index (χ3n) is 5.55. The summed E-state index contributed by atoms with van der Waals surface area (Å²) in [6.07, 6.45) is -19.2. The van der Waals surface area contributed by atoms with E-state index in [-0.39, 0.29) is 21.7 Å². The second-order valence-electron chi connectivity index (χ2n) is 8.25. The summed E-state index contributed by atoms with van der Waals surface area (Å²) in [5.41, 5.74) is -14.7. The van der Waals surface area contributed by atoms with Gasteiger partial charge < -0.3 is 5.32 Å². The lowest BCUT2D eigenvalue weighted by molar-refractivity contribution is -0.348. The monoisotopic (exact) mass is 746 g/mol. The number of carbonyl (C=O) groups is 2. The lowest BCUT2D eigenvalue weighted by Crippen LogP contribution is -2.50. The number of anilines is 2. The maximum atomic E-state index is 15.2. The molecule has 0 saturated carbocycles. The quantitative estimate of drug-likeness (QED) is 0.119. The molecule has 3 aromatic rings. The number of hydrogen-bond donors (Lipinski definition) is 2. The van der Waals surface area contributed by atoms with Crippen molar-refractivity contribution >= 4 is 57.4 Å². The van der Waals surface area contributed by atoms with E-state index in [1.165, 1.54) is 12.1 Å². The summed E-state index contributed by atoms with van der Waals surface area (Å²) in [4.78, 5) is 25.2. The summed E-state index contributed by atoms with van der Waals surface area (Å²) in [6, 6.07) is 6.21. The number of alkyl halides is 10. The molecule has 0 fully saturated rings. The van der Waals surface area contributed by atoms with E-state index in [1.807, 2.05) is 0 Å².